The molecule has 1 N–H and O–H groups in total. The third kappa shape index (κ3) is 5.18. The van der Waals surface area contributed by atoms with Crippen molar-refractivity contribution in [2.45, 2.75) is 51.3 Å². The van der Waals surface area contributed by atoms with Crippen LogP contribution in [0.5, 0.6) is 11.5 Å². The first-order valence-corrected chi connectivity index (χ1v) is 11.0. The average molecular weight is 427 g/mol. The van der Waals surface area contributed by atoms with Gasteiger partial charge in [-0.1, -0.05) is 12.1 Å². The van der Waals surface area contributed by atoms with Gasteiger partial charge in [0.25, 0.3) is 0 Å². The lowest BCUT2D eigenvalue weighted by Gasteiger charge is -2.39. The Kier molecular flexibility index (Phi) is 6.19. The lowest BCUT2D eigenvalue weighted by molar-refractivity contribution is -0.128. The summed E-state index contributed by atoms with van der Waals surface area (Å²) < 4.78 is 24.7. The van der Waals surface area contributed by atoms with Crippen LogP contribution in [0.15, 0.2) is 42.5 Å². The third-order valence-electron chi connectivity index (χ3n) is 6.19. The number of fused-ring (bicyclic) bond motifs is 1. The van der Waals surface area contributed by atoms with Gasteiger partial charge in [0.2, 0.25) is 5.91 Å². The Morgan fingerprint density at radius 2 is 2.03 bits per heavy atom. The first kappa shape index (κ1) is 21.6. The first-order valence-electron chi connectivity index (χ1n) is 11.0. The summed E-state index contributed by atoms with van der Waals surface area (Å²) in [5.74, 6) is 1.32. The maximum Gasteiger partial charge on any atom is 0.224 e. The lowest BCUT2D eigenvalue weighted by atomic mass is 9.88. The van der Waals surface area contributed by atoms with Gasteiger partial charge in [0.05, 0.1) is 19.1 Å². The van der Waals surface area contributed by atoms with Crippen molar-refractivity contribution in [3.8, 4) is 11.5 Å². The molecule has 6 heteroatoms. The number of nitrogens with zero attached hydrogens (tertiary/aromatic N) is 1. The highest BCUT2D eigenvalue weighted by atomic mass is 19.1. The summed E-state index contributed by atoms with van der Waals surface area (Å²) in [7, 11) is 1.63. The van der Waals surface area contributed by atoms with E-state index in [2.05, 4.69) is 10.2 Å². The molecule has 5 nitrogen and oxygen atoms in total. The minimum Gasteiger partial charge on any atom is -0.497 e. The van der Waals surface area contributed by atoms with Crippen molar-refractivity contribution in [2.24, 2.45) is 5.92 Å². The molecule has 0 bridgehead atoms. The number of benzene rings is 2. The molecule has 0 aliphatic carbocycles. The molecule has 1 fully saturated rings. The van der Waals surface area contributed by atoms with E-state index in [1.807, 2.05) is 44.2 Å². The zero-order valence-electron chi connectivity index (χ0n) is 18.5. The molecule has 0 saturated carbocycles. The number of ether oxygens (including phenoxy) is 2. The summed E-state index contributed by atoms with van der Waals surface area (Å²) in [4.78, 5) is 15.5. The minimum atomic E-state index is -0.376. The molecule has 0 unspecified atom stereocenters. The van der Waals surface area contributed by atoms with Crippen molar-refractivity contribution in [1.82, 2.24) is 10.2 Å². The molecular weight excluding hydrogens is 395 g/mol. The number of piperidine rings is 1. The van der Waals surface area contributed by atoms with Crippen molar-refractivity contribution in [3.05, 3.63) is 59.4 Å². The second-order valence-corrected chi connectivity index (χ2v) is 9.23. The lowest BCUT2D eigenvalue weighted by Crippen LogP contribution is -2.46. The van der Waals surface area contributed by atoms with Crippen LogP contribution in [-0.4, -0.2) is 36.6 Å². The predicted octanol–water partition coefficient (Wildman–Crippen LogP) is 4.46. The Morgan fingerprint density at radius 3 is 2.77 bits per heavy atom. The highest BCUT2D eigenvalue weighted by molar-refractivity contribution is 5.79. The Balaban J connectivity index is 1.43. The van der Waals surface area contributed by atoms with E-state index in [4.69, 9.17) is 9.47 Å². The zero-order valence-corrected chi connectivity index (χ0v) is 18.5. The average Bonchev–Trinajstić information content (AvgIpc) is 2.74. The normalized spacial score (nSPS) is 22.8. The zero-order chi connectivity index (χ0) is 22.0. The summed E-state index contributed by atoms with van der Waals surface area (Å²) in [5.41, 5.74) is 1.68. The van der Waals surface area contributed by atoms with Crippen LogP contribution >= 0.6 is 0 Å². The van der Waals surface area contributed by atoms with Gasteiger partial charge in [-0.05, 0) is 63.1 Å². The van der Waals surface area contributed by atoms with Crippen LogP contribution in [0.2, 0.25) is 0 Å². The molecule has 0 spiro atoms. The Hall–Kier alpha value is -2.60. The Labute approximate surface area is 183 Å². The number of carbonyl (C=O) groups excluding carboxylic acids is 1. The molecule has 2 aliphatic heterocycles. The number of hydrogen-bond donors (Lipinski definition) is 1. The maximum atomic E-state index is 13.2. The SMILES string of the molecule is COc1ccc2c(c1)OC(C)(C)C[C@H]2NC(=O)[C@H]1CCCN(Cc2ccc(F)cc2)C1. The first-order chi connectivity index (χ1) is 14.8. The fourth-order valence-corrected chi connectivity index (χ4v) is 4.64. The predicted molar refractivity (Wildman–Crippen MR) is 118 cm³/mol. The second kappa shape index (κ2) is 8.87. The molecule has 166 valence electrons. The van der Waals surface area contributed by atoms with Gasteiger partial charge in [-0.2, -0.15) is 0 Å². The molecule has 2 aromatic carbocycles. The largest absolute Gasteiger partial charge is 0.497 e. The van der Waals surface area contributed by atoms with Gasteiger partial charge in [-0.15, -0.1) is 0 Å². The van der Waals surface area contributed by atoms with Crippen LogP contribution in [0.4, 0.5) is 4.39 Å². The van der Waals surface area contributed by atoms with Crippen molar-refractivity contribution >= 4 is 5.91 Å². The van der Waals surface area contributed by atoms with E-state index >= 15 is 0 Å². The Bertz CT molecular complexity index is 929. The van der Waals surface area contributed by atoms with Gasteiger partial charge in [0.1, 0.15) is 22.9 Å². The van der Waals surface area contributed by atoms with Crippen molar-refractivity contribution in [3.63, 3.8) is 0 Å². The van der Waals surface area contributed by atoms with Gasteiger partial charge in [-0.3, -0.25) is 9.69 Å². The summed E-state index contributed by atoms with van der Waals surface area (Å²) >= 11 is 0. The van der Waals surface area contributed by atoms with Crippen LogP contribution in [-0.2, 0) is 11.3 Å². The third-order valence-corrected chi connectivity index (χ3v) is 6.19. The summed E-state index contributed by atoms with van der Waals surface area (Å²) in [6.45, 7) is 6.48. The maximum absolute atomic E-state index is 13.2. The van der Waals surface area contributed by atoms with E-state index in [9.17, 15) is 9.18 Å². The number of methoxy groups -OCH3 is 1. The molecule has 1 saturated heterocycles. The van der Waals surface area contributed by atoms with Crippen LogP contribution in [0.3, 0.4) is 0 Å². The van der Waals surface area contributed by atoms with Crippen LogP contribution < -0.4 is 14.8 Å². The van der Waals surface area contributed by atoms with Crippen molar-refractivity contribution in [2.75, 3.05) is 20.2 Å². The number of likely N-dealkylation sites (tertiary alicyclic amines) is 1. The Morgan fingerprint density at radius 1 is 1.26 bits per heavy atom. The smallest absolute Gasteiger partial charge is 0.224 e. The molecule has 2 aromatic rings. The summed E-state index contributed by atoms with van der Waals surface area (Å²) in [6, 6.07) is 12.3. The van der Waals surface area contributed by atoms with Gasteiger partial charge in [-0.25, -0.2) is 4.39 Å². The summed E-state index contributed by atoms with van der Waals surface area (Å²) in [6.07, 6.45) is 2.57. The number of nitrogens with one attached hydrogen (secondary N) is 1. The molecule has 31 heavy (non-hydrogen) atoms. The molecular formula is C25H31FN2O3. The molecule has 2 aliphatic rings. The van der Waals surface area contributed by atoms with Crippen molar-refractivity contribution < 1.29 is 18.7 Å². The molecule has 2 heterocycles. The van der Waals surface area contributed by atoms with E-state index in [1.54, 1.807) is 7.11 Å². The van der Waals surface area contributed by atoms with E-state index < -0.39 is 0 Å². The molecule has 2 atom stereocenters. The van der Waals surface area contributed by atoms with E-state index in [0.29, 0.717) is 13.0 Å². The van der Waals surface area contributed by atoms with Gasteiger partial charge >= 0.3 is 0 Å². The van der Waals surface area contributed by atoms with Crippen LogP contribution in [0.1, 0.15) is 50.3 Å². The number of carbonyl (C=O) groups is 1. The van der Waals surface area contributed by atoms with E-state index in [0.717, 1.165) is 48.6 Å². The molecule has 0 radical (unpaired) electrons. The number of hydrogen-bond acceptors (Lipinski definition) is 4. The standard InChI is InChI=1S/C25H31FN2O3/c1-25(2)14-22(21-11-10-20(30-3)13-23(21)31-25)27-24(29)18-5-4-12-28(16-18)15-17-6-8-19(26)9-7-17/h6-11,13,18,22H,4-5,12,14-16H2,1-3H3,(H,27,29)/t18-,22+/m0/s1. The van der Waals surface area contributed by atoms with Gasteiger partial charge < -0.3 is 14.8 Å². The monoisotopic (exact) mass is 426 g/mol. The van der Waals surface area contributed by atoms with Crippen LogP contribution in [0, 0.1) is 11.7 Å². The number of rotatable bonds is 5. The quantitative estimate of drug-likeness (QED) is 0.767. The highest BCUT2D eigenvalue weighted by Gasteiger charge is 2.36. The minimum absolute atomic E-state index is 0.0538. The fraction of sp³-hybridized carbons (Fsp3) is 0.480. The molecule has 1 amide bonds. The van der Waals surface area contributed by atoms with E-state index in [-0.39, 0.29) is 29.3 Å². The molecule has 4 rings (SSSR count). The molecule has 0 aromatic heterocycles. The van der Waals surface area contributed by atoms with Crippen LogP contribution in [0.25, 0.3) is 0 Å². The second-order valence-electron chi connectivity index (χ2n) is 9.23. The van der Waals surface area contributed by atoms with E-state index in [1.165, 1.54) is 12.1 Å². The van der Waals surface area contributed by atoms with Gasteiger partial charge in [0, 0.05) is 31.1 Å². The fourth-order valence-electron chi connectivity index (χ4n) is 4.64. The number of halogens is 1. The number of amides is 1. The topological polar surface area (TPSA) is 50.8 Å². The van der Waals surface area contributed by atoms with Crippen molar-refractivity contribution in [1.29, 1.82) is 0 Å². The van der Waals surface area contributed by atoms with Gasteiger partial charge in [0.15, 0.2) is 0 Å². The summed E-state index contributed by atoms with van der Waals surface area (Å²) in [5, 5.41) is 3.29. The highest BCUT2D eigenvalue weighted by Crippen LogP contribution is 2.41.